The molecule has 4 aromatic rings. The van der Waals surface area contributed by atoms with E-state index in [1.54, 1.807) is 12.1 Å². The third-order valence-corrected chi connectivity index (χ3v) is 4.16. The SMILES string of the molecule is [O]c1ccc(-c2ccc3ccn(Cc4ccccc4)c3c2)cc1. The van der Waals surface area contributed by atoms with E-state index in [2.05, 4.69) is 59.3 Å². The van der Waals surface area contributed by atoms with Crippen molar-refractivity contribution in [3.8, 4) is 16.9 Å². The van der Waals surface area contributed by atoms with Crippen molar-refractivity contribution in [1.29, 1.82) is 0 Å². The molecule has 0 saturated heterocycles. The van der Waals surface area contributed by atoms with Crippen LogP contribution in [-0.4, -0.2) is 4.57 Å². The second-order valence-electron chi connectivity index (χ2n) is 5.73. The molecule has 1 aromatic heterocycles. The van der Waals surface area contributed by atoms with Crippen molar-refractivity contribution in [3.63, 3.8) is 0 Å². The predicted molar refractivity (Wildman–Crippen MR) is 93.1 cm³/mol. The van der Waals surface area contributed by atoms with Crippen LogP contribution in [0.3, 0.4) is 0 Å². The lowest BCUT2D eigenvalue weighted by atomic mass is 10.0. The second-order valence-corrected chi connectivity index (χ2v) is 5.73. The molecule has 0 spiro atoms. The molecule has 1 radical (unpaired) electrons. The van der Waals surface area contributed by atoms with Crippen LogP contribution >= 0.6 is 0 Å². The number of fused-ring (bicyclic) bond motifs is 1. The highest BCUT2D eigenvalue weighted by atomic mass is 16.3. The summed E-state index contributed by atoms with van der Waals surface area (Å²) in [7, 11) is 0. The lowest BCUT2D eigenvalue weighted by molar-refractivity contribution is 0.355. The zero-order chi connectivity index (χ0) is 15.6. The molecule has 0 unspecified atom stereocenters. The summed E-state index contributed by atoms with van der Waals surface area (Å²) < 4.78 is 2.26. The molecule has 111 valence electrons. The van der Waals surface area contributed by atoms with Crippen LogP contribution in [0.15, 0.2) is 85.1 Å². The minimum Gasteiger partial charge on any atom is -0.343 e. The summed E-state index contributed by atoms with van der Waals surface area (Å²) in [6.45, 7) is 0.854. The lowest BCUT2D eigenvalue weighted by Gasteiger charge is -2.08. The van der Waals surface area contributed by atoms with Crippen molar-refractivity contribution in [2.75, 3.05) is 0 Å². The quantitative estimate of drug-likeness (QED) is 0.477. The first kappa shape index (κ1) is 13.6. The maximum absolute atomic E-state index is 11.3. The van der Waals surface area contributed by atoms with E-state index < -0.39 is 0 Å². The van der Waals surface area contributed by atoms with Crippen molar-refractivity contribution >= 4 is 10.9 Å². The van der Waals surface area contributed by atoms with Gasteiger partial charge in [0.1, 0.15) is 0 Å². The number of nitrogens with zero attached hydrogens (tertiary/aromatic N) is 1. The summed E-state index contributed by atoms with van der Waals surface area (Å²) in [6, 6.07) is 26.0. The summed E-state index contributed by atoms with van der Waals surface area (Å²) in [5.41, 5.74) is 4.69. The fourth-order valence-electron chi connectivity index (χ4n) is 2.93. The van der Waals surface area contributed by atoms with Crippen molar-refractivity contribution < 1.29 is 5.11 Å². The monoisotopic (exact) mass is 298 g/mol. The minimum absolute atomic E-state index is 0.0438. The van der Waals surface area contributed by atoms with Crippen LogP contribution in [0, 0.1) is 0 Å². The average molecular weight is 298 g/mol. The van der Waals surface area contributed by atoms with Crippen LogP contribution in [0.25, 0.3) is 22.0 Å². The van der Waals surface area contributed by atoms with E-state index >= 15 is 0 Å². The fraction of sp³-hybridized carbons (Fsp3) is 0.0476. The third kappa shape index (κ3) is 2.71. The summed E-state index contributed by atoms with van der Waals surface area (Å²) in [5, 5.41) is 12.5. The van der Waals surface area contributed by atoms with Gasteiger partial charge in [-0.05, 0) is 46.3 Å². The van der Waals surface area contributed by atoms with E-state index in [4.69, 9.17) is 0 Å². The van der Waals surface area contributed by atoms with Crippen molar-refractivity contribution in [3.05, 3.63) is 90.6 Å². The van der Waals surface area contributed by atoms with E-state index in [9.17, 15) is 5.11 Å². The van der Waals surface area contributed by atoms with Gasteiger partial charge in [0.05, 0.1) is 0 Å². The van der Waals surface area contributed by atoms with Crippen LogP contribution in [0.1, 0.15) is 5.56 Å². The molecule has 23 heavy (non-hydrogen) atoms. The first-order valence-electron chi connectivity index (χ1n) is 7.70. The molecule has 0 aliphatic carbocycles. The Morgan fingerprint density at radius 1 is 0.739 bits per heavy atom. The smallest absolute Gasteiger partial charge is 0.178 e. The Bertz CT molecular complexity index is 937. The Labute approximate surface area is 135 Å². The summed E-state index contributed by atoms with van der Waals surface area (Å²) >= 11 is 0. The van der Waals surface area contributed by atoms with Gasteiger partial charge in [-0.2, -0.15) is 0 Å². The second kappa shape index (κ2) is 5.65. The molecule has 4 rings (SSSR count). The molecule has 0 saturated carbocycles. The highest BCUT2D eigenvalue weighted by molar-refractivity contribution is 5.85. The molecule has 0 bridgehead atoms. The molecular formula is C21H16NO. The molecule has 2 heteroatoms. The average Bonchev–Trinajstić information content (AvgIpc) is 2.99. The van der Waals surface area contributed by atoms with E-state index in [0.29, 0.717) is 0 Å². The zero-order valence-corrected chi connectivity index (χ0v) is 12.6. The minimum atomic E-state index is 0.0438. The predicted octanol–water partition coefficient (Wildman–Crippen LogP) is 5.50. The molecule has 0 N–H and O–H groups in total. The maximum atomic E-state index is 11.3. The first-order valence-corrected chi connectivity index (χ1v) is 7.70. The van der Waals surface area contributed by atoms with Crippen LogP contribution in [0.5, 0.6) is 5.75 Å². The Kier molecular flexibility index (Phi) is 3.35. The van der Waals surface area contributed by atoms with Gasteiger partial charge in [-0.15, -0.1) is 0 Å². The van der Waals surface area contributed by atoms with E-state index in [0.717, 1.165) is 17.7 Å². The van der Waals surface area contributed by atoms with Gasteiger partial charge in [0.2, 0.25) is 0 Å². The topological polar surface area (TPSA) is 24.8 Å². The van der Waals surface area contributed by atoms with Gasteiger partial charge >= 0.3 is 0 Å². The van der Waals surface area contributed by atoms with Crippen LogP contribution in [0.2, 0.25) is 0 Å². The molecule has 0 aliphatic rings. The zero-order valence-electron chi connectivity index (χ0n) is 12.6. The summed E-state index contributed by atoms with van der Waals surface area (Å²) in [5.74, 6) is 0.0438. The van der Waals surface area contributed by atoms with E-state index in [-0.39, 0.29) is 5.75 Å². The number of aromatic nitrogens is 1. The Balaban J connectivity index is 1.75. The summed E-state index contributed by atoms with van der Waals surface area (Å²) in [6.07, 6.45) is 2.13. The Hall–Kier alpha value is -3.00. The van der Waals surface area contributed by atoms with Crippen LogP contribution < -0.4 is 0 Å². The van der Waals surface area contributed by atoms with Gasteiger partial charge in [0.15, 0.2) is 5.75 Å². The van der Waals surface area contributed by atoms with Gasteiger partial charge in [0.25, 0.3) is 0 Å². The number of rotatable bonds is 3. The third-order valence-electron chi connectivity index (χ3n) is 4.16. The van der Waals surface area contributed by atoms with Gasteiger partial charge in [-0.3, -0.25) is 5.11 Å². The van der Waals surface area contributed by atoms with E-state index in [1.807, 2.05) is 18.2 Å². The molecule has 0 atom stereocenters. The first-order chi connectivity index (χ1) is 11.3. The summed E-state index contributed by atoms with van der Waals surface area (Å²) in [4.78, 5) is 0. The highest BCUT2D eigenvalue weighted by Crippen LogP contribution is 2.27. The molecular weight excluding hydrogens is 282 g/mol. The maximum Gasteiger partial charge on any atom is 0.178 e. The molecule has 0 aliphatic heterocycles. The van der Waals surface area contributed by atoms with Gasteiger partial charge in [-0.1, -0.05) is 54.6 Å². The number of benzene rings is 3. The Morgan fingerprint density at radius 3 is 2.26 bits per heavy atom. The molecule has 0 fully saturated rings. The fourth-order valence-corrected chi connectivity index (χ4v) is 2.93. The van der Waals surface area contributed by atoms with Gasteiger partial charge in [-0.25, -0.2) is 0 Å². The van der Waals surface area contributed by atoms with Gasteiger partial charge in [0, 0.05) is 18.3 Å². The molecule has 1 heterocycles. The molecule has 3 aromatic carbocycles. The lowest BCUT2D eigenvalue weighted by Crippen LogP contribution is -1.97. The van der Waals surface area contributed by atoms with E-state index in [1.165, 1.54) is 16.5 Å². The van der Waals surface area contributed by atoms with Crippen LogP contribution in [-0.2, 0) is 11.7 Å². The van der Waals surface area contributed by atoms with Crippen LogP contribution in [0.4, 0.5) is 0 Å². The van der Waals surface area contributed by atoms with Crippen molar-refractivity contribution in [2.45, 2.75) is 6.54 Å². The molecule has 0 amide bonds. The van der Waals surface area contributed by atoms with Crippen molar-refractivity contribution in [1.82, 2.24) is 4.57 Å². The van der Waals surface area contributed by atoms with Crippen molar-refractivity contribution in [2.24, 2.45) is 0 Å². The Morgan fingerprint density at radius 2 is 1.48 bits per heavy atom. The number of hydrogen-bond acceptors (Lipinski definition) is 0. The normalized spacial score (nSPS) is 11.0. The number of hydrogen-bond donors (Lipinski definition) is 0. The van der Waals surface area contributed by atoms with Gasteiger partial charge < -0.3 is 4.57 Å². The highest BCUT2D eigenvalue weighted by Gasteiger charge is 2.05. The standard InChI is InChI=1S/C21H16NO/c23-20-10-8-17(9-11-20)19-7-6-18-12-13-22(21(18)14-19)15-16-4-2-1-3-5-16/h1-14H,15H2. The molecule has 2 nitrogen and oxygen atoms in total. The largest absolute Gasteiger partial charge is 0.343 e.